The minimum Gasteiger partial charge on any atom is -0.342 e. The lowest BCUT2D eigenvalue weighted by molar-refractivity contribution is 0.894. The van der Waals surface area contributed by atoms with E-state index >= 15 is 0 Å². The van der Waals surface area contributed by atoms with E-state index in [1.165, 1.54) is 93.4 Å². The summed E-state index contributed by atoms with van der Waals surface area (Å²) in [4.78, 5) is 4.85. The van der Waals surface area contributed by atoms with Gasteiger partial charge in [0.25, 0.3) is 0 Å². The number of anilines is 5. The topological polar surface area (TPSA) is 16.3 Å². The van der Waals surface area contributed by atoms with E-state index in [4.69, 9.17) is 0 Å². The molecule has 0 saturated heterocycles. The average Bonchev–Trinajstić information content (AvgIpc) is 3.76. The highest BCUT2D eigenvalue weighted by Gasteiger charge is 2.25. The van der Waals surface area contributed by atoms with E-state index in [9.17, 15) is 0 Å². The lowest BCUT2D eigenvalue weighted by Crippen LogP contribution is -2.19. The molecule has 0 unspecified atom stereocenters. The summed E-state index contributed by atoms with van der Waals surface area (Å²) in [5.41, 5.74) is 14.7. The number of hydrogen-bond acceptors (Lipinski definition) is 2. The normalized spacial score (nSPS) is 12.8. The van der Waals surface area contributed by atoms with E-state index in [1.54, 1.807) is 0 Å². The standard InChI is InChI=1S/C56H42N4/c1-57-51-35-45(59(41-19-5-3-6-20-41)43-27-25-37-15-9-11-17-39(37)33-43)29-31-49(51)53-47-23-13-14-24-48(47)54-50-32-30-46(36-52(50)58(2)56(54)55(53)57)60(42-21-7-4-8-22-42)44-28-26-38-16-10-12-18-40(38)34-44/h3-25,27,29-36H,26,28H2,1-2H3. The molecule has 12 rings (SSSR count). The molecular weight excluding hydrogens is 729 g/mol. The molecule has 0 fully saturated rings. The predicted octanol–water partition coefficient (Wildman–Crippen LogP) is 14.9. The van der Waals surface area contributed by atoms with Crippen LogP contribution in [0.4, 0.5) is 28.4 Å². The Morgan fingerprint density at radius 3 is 1.53 bits per heavy atom. The van der Waals surface area contributed by atoms with E-state index < -0.39 is 0 Å². The molecule has 0 bridgehead atoms. The van der Waals surface area contributed by atoms with Gasteiger partial charge in [0.05, 0.1) is 22.1 Å². The summed E-state index contributed by atoms with van der Waals surface area (Å²) >= 11 is 0. The van der Waals surface area contributed by atoms with Crippen LogP contribution in [0.25, 0.3) is 71.2 Å². The molecule has 0 N–H and O–H groups in total. The third kappa shape index (κ3) is 5.24. The zero-order chi connectivity index (χ0) is 39.9. The zero-order valence-corrected chi connectivity index (χ0v) is 33.7. The van der Waals surface area contributed by atoms with E-state index in [1.807, 2.05) is 0 Å². The Bertz CT molecular complexity index is 3520. The molecule has 11 aromatic rings. The van der Waals surface area contributed by atoms with Gasteiger partial charge in [-0.25, -0.2) is 0 Å². The second-order valence-electron chi connectivity index (χ2n) is 16.2. The van der Waals surface area contributed by atoms with Gasteiger partial charge in [0.15, 0.2) is 0 Å². The first kappa shape index (κ1) is 34.5. The SMILES string of the molecule is Cn1c2cc(N(C3=Cc4ccccc4CC3)c3ccccc3)ccc2c2c3ccccc3c3c4ccc(N(c5ccccc5)c5ccc6ccccc6c5)cc4n(C)c3c21. The predicted molar refractivity (Wildman–Crippen MR) is 255 cm³/mol. The number of aromatic nitrogens is 2. The van der Waals surface area contributed by atoms with Gasteiger partial charge in [-0.15, -0.1) is 0 Å². The molecule has 60 heavy (non-hydrogen) atoms. The van der Waals surface area contributed by atoms with E-state index in [-0.39, 0.29) is 0 Å². The van der Waals surface area contributed by atoms with Gasteiger partial charge in [-0.2, -0.15) is 0 Å². The summed E-state index contributed by atoms with van der Waals surface area (Å²) < 4.78 is 4.88. The number of nitrogens with zero attached hydrogens (tertiary/aromatic N) is 4. The minimum atomic E-state index is 0.977. The fourth-order valence-electron chi connectivity index (χ4n) is 10.1. The highest BCUT2D eigenvalue weighted by Crippen LogP contribution is 2.47. The second-order valence-corrected chi connectivity index (χ2v) is 16.2. The van der Waals surface area contributed by atoms with Gasteiger partial charge in [-0.3, -0.25) is 0 Å². The summed E-state index contributed by atoms with van der Waals surface area (Å²) in [6.45, 7) is 0. The summed E-state index contributed by atoms with van der Waals surface area (Å²) in [5.74, 6) is 0. The molecule has 0 aliphatic heterocycles. The van der Waals surface area contributed by atoms with Crippen LogP contribution in [-0.4, -0.2) is 9.13 Å². The Kier molecular flexibility index (Phi) is 7.76. The maximum absolute atomic E-state index is 2.47. The van der Waals surface area contributed by atoms with Crippen molar-refractivity contribution in [2.75, 3.05) is 9.80 Å². The lowest BCUT2D eigenvalue weighted by Gasteiger charge is -2.30. The maximum Gasteiger partial charge on any atom is 0.0742 e. The molecule has 0 radical (unpaired) electrons. The fraction of sp³-hybridized carbons (Fsp3) is 0.0714. The fourth-order valence-corrected chi connectivity index (χ4v) is 10.1. The molecular formula is C56H42N4. The minimum absolute atomic E-state index is 0.977. The molecule has 0 atom stereocenters. The molecule has 0 amide bonds. The Morgan fingerprint density at radius 2 is 0.883 bits per heavy atom. The number of allylic oxidation sites excluding steroid dienone is 1. The molecule has 9 aromatic carbocycles. The molecule has 4 nitrogen and oxygen atoms in total. The van der Waals surface area contributed by atoms with Crippen LogP contribution in [0.5, 0.6) is 0 Å². The quantitative estimate of drug-likeness (QED) is 0.167. The van der Waals surface area contributed by atoms with Crippen molar-refractivity contribution >= 4 is 99.7 Å². The van der Waals surface area contributed by atoms with Gasteiger partial charge in [0, 0.05) is 69.8 Å². The number of rotatable bonds is 6. The van der Waals surface area contributed by atoms with Crippen LogP contribution in [0.3, 0.4) is 0 Å². The monoisotopic (exact) mass is 770 g/mol. The highest BCUT2D eigenvalue weighted by molar-refractivity contribution is 6.36. The van der Waals surface area contributed by atoms with Crippen LogP contribution in [0.1, 0.15) is 17.5 Å². The summed E-state index contributed by atoms with van der Waals surface area (Å²) in [6, 6.07) is 68.9. The van der Waals surface area contributed by atoms with Crippen molar-refractivity contribution in [3.05, 3.63) is 205 Å². The molecule has 2 heterocycles. The van der Waals surface area contributed by atoms with Crippen molar-refractivity contribution < 1.29 is 0 Å². The molecule has 286 valence electrons. The largest absolute Gasteiger partial charge is 0.342 e. The summed E-state index contributed by atoms with van der Waals surface area (Å²) in [5, 5.41) is 10.1. The molecule has 1 aliphatic rings. The van der Waals surface area contributed by atoms with Gasteiger partial charge in [0.1, 0.15) is 0 Å². The van der Waals surface area contributed by atoms with Gasteiger partial charge >= 0.3 is 0 Å². The van der Waals surface area contributed by atoms with Crippen LogP contribution < -0.4 is 9.80 Å². The van der Waals surface area contributed by atoms with Crippen molar-refractivity contribution in [1.29, 1.82) is 0 Å². The van der Waals surface area contributed by atoms with Gasteiger partial charge in [-0.05, 0) is 112 Å². The number of para-hydroxylation sites is 2. The Morgan fingerprint density at radius 1 is 0.383 bits per heavy atom. The number of hydrogen-bond donors (Lipinski definition) is 0. The zero-order valence-electron chi connectivity index (χ0n) is 33.7. The van der Waals surface area contributed by atoms with Crippen LogP contribution in [0.2, 0.25) is 0 Å². The van der Waals surface area contributed by atoms with Crippen LogP contribution >= 0.6 is 0 Å². The van der Waals surface area contributed by atoms with Crippen molar-refractivity contribution in [1.82, 2.24) is 9.13 Å². The Labute approximate surface area is 349 Å². The van der Waals surface area contributed by atoms with Crippen LogP contribution in [0.15, 0.2) is 194 Å². The number of aryl methyl sites for hydroxylation is 3. The first-order valence-corrected chi connectivity index (χ1v) is 20.9. The first-order valence-electron chi connectivity index (χ1n) is 20.9. The number of fused-ring (bicyclic) bond motifs is 12. The molecule has 2 aromatic heterocycles. The van der Waals surface area contributed by atoms with Crippen molar-refractivity contribution in [3.63, 3.8) is 0 Å². The maximum atomic E-state index is 2.47. The third-order valence-corrected chi connectivity index (χ3v) is 12.9. The molecule has 1 aliphatic carbocycles. The van der Waals surface area contributed by atoms with Crippen LogP contribution in [-0.2, 0) is 20.5 Å². The molecule has 0 saturated carbocycles. The Balaban J connectivity index is 1.09. The first-order chi connectivity index (χ1) is 29.6. The van der Waals surface area contributed by atoms with Crippen molar-refractivity contribution in [2.45, 2.75) is 12.8 Å². The summed E-state index contributed by atoms with van der Waals surface area (Å²) in [6.07, 6.45) is 4.39. The van der Waals surface area contributed by atoms with Gasteiger partial charge < -0.3 is 18.9 Å². The van der Waals surface area contributed by atoms with Gasteiger partial charge in [0.2, 0.25) is 0 Å². The third-order valence-electron chi connectivity index (χ3n) is 12.9. The van der Waals surface area contributed by atoms with Crippen molar-refractivity contribution in [3.8, 4) is 0 Å². The highest BCUT2D eigenvalue weighted by atomic mass is 15.2. The van der Waals surface area contributed by atoms with E-state index in [2.05, 4.69) is 227 Å². The number of benzene rings is 9. The van der Waals surface area contributed by atoms with E-state index in [0.29, 0.717) is 0 Å². The lowest BCUT2D eigenvalue weighted by atomic mass is 9.94. The molecule has 0 spiro atoms. The van der Waals surface area contributed by atoms with Crippen LogP contribution in [0, 0.1) is 0 Å². The molecule has 4 heteroatoms. The summed E-state index contributed by atoms with van der Waals surface area (Å²) in [7, 11) is 4.50. The Hall–Kier alpha value is -7.56. The van der Waals surface area contributed by atoms with E-state index in [0.717, 1.165) is 29.9 Å². The van der Waals surface area contributed by atoms with Gasteiger partial charge in [-0.1, -0.05) is 127 Å². The average molecular weight is 771 g/mol. The smallest absolute Gasteiger partial charge is 0.0742 e. The van der Waals surface area contributed by atoms with Crippen molar-refractivity contribution in [2.24, 2.45) is 14.1 Å². The second kappa shape index (κ2) is 13.5.